The van der Waals surface area contributed by atoms with E-state index in [4.69, 9.17) is 30.8 Å². The van der Waals surface area contributed by atoms with Crippen LogP contribution in [0.1, 0.15) is 58.0 Å². The van der Waals surface area contributed by atoms with Gasteiger partial charge in [0.15, 0.2) is 0 Å². The van der Waals surface area contributed by atoms with Crippen LogP contribution in [0.15, 0.2) is 24.4 Å². The fourth-order valence-electron chi connectivity index (χ4n) is 5.90. The summed E-state index contributed by atoms with van der Waals surface area (Å²) in [5.74, 6) is 0.511. The highest BCUT2D eigenvalue weighted by Crippen LogP contribution is 2.47. The number of aromatic nitrogens is 2. The van der Waals surface area contributed by atoms with E-state index in [-0.39, 0.29) is 23.5 Å². The minimum atomic E-state index is -0.324. The third kappa shape index (κ3) is 5.54. The van der Waals surface area contributed by atoms with E-state index in [1.807, 2.05) is 25.3 Å². The van der Waals surface area contributed by atoms with Gasteiger partial charge in [-0.2, -0.15) is 0 Å². The van der Waals surface area contributed by atoms with Crippen LogP contribution in [0.5, 0.6) is 5.75 Å². The lowest BCUT2D eigenvalue weighted by Gasteiger charge is -2.34. The quantitative estimate of drug-likeness (QED) is 0.313. The zero-order chi connectivity index (χ0) is 28.8. The molecule has 5 rings (SSSR count). The molecule has 8 nitrogen and oxygen atoms in total. The van der Waals surface area contributed by atoms with Gasteiger partial charge in [-0.05, 0) is 45.0 Å². The Labute approximate surface area is 242 Å². The fourth-order valence-corrected chi connectivity index (χ4v) is 6.11. The van der Waals surface area contributed by atoms with Gasteiger partial charge in [0.2, 0.25) is 0 Å². The van der Waals surface area contributed by atoms with Crippen molar-refractivity contribution in [3.63, 3.8) is 0 Å². The molecule has 2 aromatic heterocycles. The van der Waals surface area contributed by atoms with E-state index >= 15 is 0 Å². The van der Waals surface area contributed by atoms with Crippen molar-refractivity contribution in [2.24, 2.45) is 5.41 Å². The molecule has 0 saturated carbocycles. The van der Waals surface area contributed by atoms with Crippen LogP contribution in [-0.4, -0.2) is 74.0 Å². The molecular formula is C31H41ClN4O4. The van der Waals surface area contributed by atoms with Crippen molar-refractivity contribution in [1.82, 2.24) is 14.5 Å². The second kappa shape index (κ2) is 11.2. The molecule has 0 aliphatic carbocycles. The molecule has 0 spiro atoms. The van der Waals surface area contributed by atoms with E-state index in [0.29, 0.717) is 24.7 Å². The number of hydrogen-bond acceptors (Lipinski definition) is 7. The van der Waals surface area contributed by atoms with Crippen molar-refractivity contribution in [2.75, 3.05) is 58.5 Å². The maximum Gasteiger partial charge on any atom is 0.302 e. The Kier molecular flexibility index (Phi) is 8.06. The van der Waals surface area contributed by atoms with Gasteiger partial charge < -0.3 is 28.6 Å². The zero-order valence-electron chi connectivity index (χ0n) is 24.7. The van der Waals surface area contributed by atoms with E-state index in [1.165, 1.54) is 6.92 Å². The number of likely N-dealkylation sites (N-methyl/N-ethyl adjacent to an activating group) is 1. The number of carbonyl (C=O) groups excluding carboxylic acids is 1. The highest BCUT2D eigenvalue weighted by atomic mass is 35.5. The number of anilines is 1. The molecule has 1 fully saturated rings. The van der Waals surface area contributed by atoms with Gasteiger partial charge in [0.1, 0.15) is 12.4 Å². The summed E-state index contributed by atoms with van der Waals surface area (Å²) in [6.45, 7) is 14.7. The number of rotatable bonds is 8. The Bertz CT molecular complexity index is 1410. The lowest BCUT2D eigenvalue weighted by molar-refractivity contribution is -0.143. The predicted molar refractivity (Wildman–Crippen MR) is 160 cm³/mol. The van der Waals surface area contributed by atoms with Gasteiger partial charge in [-0.25, -0.2) is 0 Å². The molecule has 216 valence electrons. The van der Waals surface area contributed by atoms with Crippen molar-refractivity contribution < 1.29 is 19.0 Å². The fraction of sp³-hybridized carbons (Fsp3) is 0.548. The second-order valence-electron chi connectivity index (χ2n) is 12.1. The predicted octanol–water partition coefficient (Wildman–Crippen LogP) is 5.90. The minimum absolute atomic E-state index is 0.0921. The summed E-state index contributed by atoms with van der Waals surface area (Å²) in [5, 5.41) is 1.69. The van der Waals surface area contributed by atoms with Crippen LogP contribution in [0.2, 0.25) is 5.02 Å². The summed E-state index contributed by atoms with van der Waals surface area (Å²) in [7, 11) is 3.89. The van der Waals surface area contributed by atoms with Gasteiger partial charge in [0.25, 0.3) is 0 Å². The van der Waals surface area contributed by atoms with Crippen molar-refractivity contribution in [3.05, 3.63) is 40.7 Å². The first-order valence-electron chi connectivity index (χ1n) is 14.1. The summed E-state index contributed by atoms with van der Waals surface area (Å²) >= 11 is 6.66. The molecule has 9 heteroatoms. The van der Waals surface area contributed by atoms with Crippen LogP contribution in [0.25, 0.3) is 22.2 Å². The first-order valence-corrected chi connectivity index (χ1v) is 14.5. The SMILES string of the molecule is CO[C@@H](C)c1ncc(N2CCN(C)CC2)cc1-c1c(CC(C)(C)COC(C)=O)c2cc(Cl)cc3c2n1C(C)CO3. The summed E-state index contributed by atoms with van der Waals surface area (Å²) in [6.07, 6.45) is 2.45. The Balaban J connectivity index is 1.77. The number of benzene rings is 1. The Morgan fingerprint density at radius 3 is 2.62 bits per heavy atom. The molecular weight excluding hydrogens is 528 g/mol. The summed E-state index contributed by atoms with van der Waals surface area (Å²) in [4.78, 5) is 21.5. The molecule has 2 atom stereocenters. The largest absolute Gasteiger partial charge is 0.489 e. The van der Waals surface area contributed by atoms with Crippen molar-refractivity contribution in [3.8, 4) is 17.0 Å². The van der Waals surface area contributed by atoms with Crippen molar-refractivity contribution >= 4 is 34.2 Å². The number of hydrogen-bond donors (Lipinski definition) is 0. The second-order valence-corrected chi connectivity index (χ2v) is 12.5. The summed E-state index contributed by atoms with van der Waals surface area (Å²) < 4.78 is 19.9. The van der Waals surface area contributed by atoms with E-state index in [1.54, 1.807) is 7.11 Å². The van der Waals surface area contributed by atoms with Crippen molar-refractivity contribution in [1.29, 1.82) is 0 Å². The van der Waals surface area contributed by atoms with Crippen LogP contribution in [0.4, 0.5) is 5.69 Å². The molecule has 1 saturated heterocycles. The third-order valence-corrected chi connectivity index (χ3v) is 8.36. The first-order chi connectivity index (χ1) is 19.0. The smallest absolute Gasteiger partial charge is 0.302 e. The lowest BCUT2D eigenvalue weighted by Crippen LogP contribution is -2.44. The number of halogens is 1. The molecule has 40 heavy (non-hydrogen) atoms. The molecule has 0 amide bonds. The van der Waals surface area contributed by atoms with E-state index < -0.39 is 0 Å². The van der Waals surface area contributed by atoms with Gasteiger partial charge in [0, 0.05) is 67.7 Å². The van der Waals surface area contributed by atoms with Crippen LogP contribution < -0.4 is 9.64 Å². The number of esters is 1. The number of pyridine rings is 1. The number of piperazine rings is 1. The highest BCUT2D eigenvalue weighted by molar-refractivity contribution is 6.31. The van der Waals surface area contributed by atoms with Crippen molar-refractivity contribution in [2.45, 2.75) is 53.2 Å². The van der Waals surface area contributed by atoms with E-state index in [2.05, 4.69) is 48.3 Å². The molecule has 2 aliphatic heterocycles. The number of nitrogens with zero attached hydrogens (tertiary/aromatic N) is 4. The van der Waals surface area contributed by atoms with Gasteiger partial charge >= 0.3 is 5.97 Å². The van der Waals surface area contributed by atoms with Crippen LogP contribution in [0, 0.1) is 5.41 Å². The van der Waals surface area contributed by atoms with E-state index in [0.717, 1.165) is 71.0 Å². The van der Waals surface area contributed by atoms with Gasteiger partial charge in [0.05, 0.1) is 47.5 Å². The molecule has 1 aromatic carbocycles. The number of methoxy groups -OCH3 is 1. The number of carbonyl (C=O) groups is 1. The van der Waals surface area contributed by atoms with Gasteiger partial charge in [-0.15, -0.1) is 0 Å². The van der Waals surface area contributed by atoms with Crippen LogP contribution >= 0.6 is 11.6 Å². The Hall–Kier alpha value is -2.81. The normalized spacial score (nSPS) is 18.6. The molecule has 0 N–H and O–H groups in total. The Morgan fingerprint density at radius 2 is 1.95 bits per heavy atom. The van der Waals surface area contributed by atoms with Crippen LogP contribution in [-0.2, 0) is 20.7 Å². The topological polar surface area (TPSA) is 69.1 Å². The Morgan fingerprint density at radius 1 is 1.23 bits per heavy atom. The summed E-state index contributed by atoms with van der Waals surface area (Å²) in [6, 6.07) is 6.32. The standard InChI is InChI=1S/C31H41ClN4O4/c1-19-17-39-27-13-22(32)12-24-26(15-31(4,5)18-40-21(3)37)29(36(19)30(24)27)25-14-23(16-33-28(25)20(2)38-7)35-10-8-34(6)9-11-35/h12-14,16,19-20H,8-11,15,17-18H2,1-7H3/t19?,20-/m0/s1. The zero-order valence-corrected chi connectivity index (χ0v) is 25.5. The average molecular weight is 569 g/mol. The molecule has 4 heterocycles. The lowest BCUT2D eigenvalue weighted by atomic mass is 9.84. The number of ether oxygens (including phenoxy) is 3. The average Bonchev–Trinajstić information content (AvgIpc) is 3.23. The highest BCUT2D eigenvalue weighted by Gasteiger charge is 2.34. The third-order valence-electron chi connectivity index (χ3n) is 8.14. The monoisotopic (exact) mass is 568 g/mol. The molecule has 0 radical (unpaired) electrons. The minimum Gasteiger partial charge on any atom is -0.489 e. The molecule has 1 unspecified atom stereocenters. The first kappa shape index (κ1) is 28.7. The summed E-state index contributed by atoms with van der Waals surface area (Å²) in [5.41, 5.74) is 6.02. The maximum absolute atomic E-state index is 11.7. The molecule has 3 aromatic rings. The van der Waals surface area contributed by atoms with Gasteiger partial charge in [-0.1, -0.05) is 25.4 Å². The van der Waals surface area contributed by atoms with E-state index in [9.17, 15) is 4.79 Å². The van der Waals surface area contributed by atoms with Gasteiger partial charge in [-0.3, -0.25) is 9.78 Å². The molecule has 2 aliphatic rings. The molecule has 0 bridgehead atoms. The van der Waals surface area contributed by atoms with Crippen LogP contribution in [0.3, 0.4) is 0 Å². The maximum atomic E-state index is 11.7.